The average Bonchev–Trinajstić information content (AvgIpc) is 3.01. The highest BCUT2D eigenvalue weighted by molar-refractivity contribution is 5.77. The third-order valence-corrected chi connectivity index (χ3v) is 2.55. The van der Waals surface area contributed by atoms with Crippen LogP contribution in [-0.2, 0) is 9.53 Å². The third kappa shape index (κ3) is 6.47. The molecule has 0 aromatic carbocycles. The quantitative estimate of drug-likeness (QED) is 0.626. The van der Waals surface area contributed by atoms with Gasteiger partial charge in [0.25, 0.3) is 0 Å². The summed E-state index contributed by atoms with van der Waals surface area (Å²) in [6, 6.07) is 0. The van der Waals surface area contributed by atoms with E-state index in [1.54, 1.807) is 0 Å². The van der Waals surface area contributed by atoms with Crippen LogP contribution < -0.4 is 5.32 Å². The summed E-state index contributed by atoms with van der Waals surface area (Å²) in [6.07, 6.45) is 3.52. The second kappa shape index (κ2) is 6.80. The van der Waals surface area contributed by atoms with Crippen LogP contribution in [0.1, 0.15) is 32.6 Å². The largest absolute Gasteiger partial charge is 0.393 e. The number of carbonyl (C=O) groups is 1. The van der Waals surface area contributed by atoms with Crippen molar-refractivity contribution in [3.63, 3.8) is 0 Å². The molecule has 1 fully saturated rings. The minimum absolute atomic E-state index is 0.0843. The molecule has 1 rings (SSSR count). The van der Waals surface area contributed by atoms with E-state index >= 15 is 0 Å². The summed E-state index contributed by atoms with van der Waals surface area (Å²) in [6.45, 7) is 3.32. The van der Waals surface area contributed by atoms with Crippen LogP contribution in [0.3, 0.4) is 0 Å². The number of amides is 1. The fourth-order valence-electron chi connectivity index (χ4n) is 1.24. The molecular weight excluding hydrogens is 194 g/mol. The van der Waals surface area contributed by atoms with Gasteiger partial charge in [-0.15, -0.1) is 0 Å². The maximum Gasteiger partial charge on any atom is 0.245 e. The summed E-state index contributed by atoms with van der Waals surface area (Å²) >= 11 is 0. The number of rotatable bonds is 8. The van der Waals surface area contributed by atoms with Crippen LogP contribution in [-0.4, -0.2) is 36.9 Å². The van der Waals surface area contributed by atoms with Crippen molar-refractivity contribution in [2.75, 3.05) is 19.8 Å². The van der Waals surface area contributed by atoms with Crippen molar-refractivity contribution in [1.29, 1.82) is 0 Å². The van der Waals surface area contributed by atoms with Gasteiger partial charge >= 0.3 is 0 Å². The first-order chi connectivity index (χ1) is 7.22. The summed E-state index contributed by atoms with van der Waals surface area (Å²) in [5.74, 6) is 0.610. The lowest BCUT2D eigenvalue weighted by molar-refractivity contribution is -0.125. The summed E-state index contributed by atoms with van der Waals surface area (Å²) in [7, 11) is 0. The van der Waals surface area contributed by atoms with Crippen LogP contribution in [0, 0.1) is 5.92 Å². The number of ether oxygens (including phenoxy) is 1. The average molecular weight is 215 g/mol. The molecule has 88 valence electrons. The molecule has 0 aromatic rings. The Morgan fingerprint density at radius 3 is 2.93 bits per heavy atom. The predicted molar refractivity (Wildman–Crippen MR) is 57.5 cm³/mol. The molecule has 1 atom stereocenters. The molecule has 2 N–H and O–H groups in total. The van der Waals surface area contributed by atoms with Gasteiger partial charge < -0.3 is 15.2 Å². The van der Waals surface area contributed by atoms with E-state index in [9.17, 15) is 9.90 Å². The van der Waals surface area contributed by atoms with Gasteiger partial charge in [-0.05, 0) is 31.6 Å². The van der Waals surface area contributed by atoms with Gasteiger partial charge in [0, 0.05) is 6.54 Å². The van der Waals surface area contributed by atoms with Crippen molar-refractivity contribution in [3.05, 3.63) is 0 Å². The zero-order chi connectivity index (χ0) is 11.1. The molecule has 0 radical (unpaired) electrons. The highest BCUT2D eigenvalue weighted by atomic mass is 16.5. The van der Waals surface area contributed by atoms with Crippen LogP contribution >= 0.6 is 0 Å². The Labute approximate surface area is 91.0 Å². The molecule has 15 heavy (non-hydrogen) atoms. The summed E-state index contributed by atoms with van der Waals surface area (Å²) < 4.78 is 5.23. The molecule has 1 unspecified atom stereocenters. The van der Waals surface area contributed by atoms with E-state index in [0.29, 0.717) is 25.5 Å². The van der Waals surface area contributed by atoms with E-state index in [1.165, 1.54) is 12.8 Å². The Bertz CT molecular complexity index is 192. The fraction of sp³-hybridized carbons (Fsp3) is 0.909. The van der Waals surface area contributed by atoms with Crippen molar-refractivity contribution in [3.8, 4) is 0 Å². The summed E-state index contributed by atoms with van der Waals surface area (Å²) in [4.78, 5) is 11.2. The maximum atomic E-state index is 11.2. The highest BCUT2D eigenvalue weighted by Gasteiger charge is 2.21. The zero-order valence-electron chi connectivity index (χ0n) is 9.37. The third-order valence-electron chi connectivity index (χ3n) is 2.55. The van der Waals surface area contributed by atoms with Crippen LogP contribution in [0.5, 0.6) is 0 Å². The normalized spacial score (nSPS) is 17.5. The van der Waals surface area contributed by atoms with Crippen molar-refractivity contribution in [1.82, 2.24) is 5.32 Å². The van der Waals surface area contributed by atoms with Gasteiger partial charge in [0.15, 0.2) is 0 Å². The topological polar surface area (TPSA) is 58.6 Å². The molecule has 0 aromatic heterocycles. The Hall–Kier alpha value is -0.610. The van der Waals surface area contributed by atoms with Gasteiger partial charge in [0.1, 0.15) is 6.61 Å². The maximum absolute atomic E-state index is 11.2. The molecular formula is C11H21NO3. The Balaban J connectivity index is 1.88. The number of hydrogen-bond donors (Lipinski definition) is 2. The lowest BCUT2D eigenvalue weighted by Crippen LogP contribution is -2.30. The highest BCUT2D eigenvalue weighted by Crippen LogP contribution is 2.28. The Morgan fingerprint density at radius 2 is 2.33 bits per heavy atom. The van der Waals surface area contributed by atoms with Crippen LogP contribution in [0.25, 0.3) is 0 Å². The molecule has 1 saturated carbocycles. The number of nitrogens with one attached hydrogen (secondary N) is 1. The Kier molecular flexibility index (Phi) is 5.65. The number of hydrogen-bond acceptors (Lipinski definition) is 3. The van der Waals surface area contributed by atoms with Gasteiger partial charge in [0.2, 0.25) is 5.91 Å². The van der Waals surface area contributed by atoms with E-state index in [0.717, 1.165) is 6.42 Å². The minimum Gasteiger partial charge on any atom is -0.393 e. The van der Waals surface area contributed by atoms with Crippen molar-refractivity contribution in [2.45, 2.75) is 38.7 Å². The van der Waals surface area contributed by atoms with E-state index in [-0.39, 0.29) is 18.6 Å². The molecule has 0 heterocycles. The molecule has 0 bridgehead atoms. The van der Waals surface area contributed by atoms with Crippen molar-refractivity contribution < 1.29 is 14.6 Å². The smallest absolute Gasteiger partial charge is 0.245 e. The zero-order valence-corrected chi connectivity index (χ0v) is 9.37. The van der Waals surface area contributed by atoms with Gasteiger partial charge in [-0.3, -0.25) is 4.79 Å². The van der Waals surface area contributed by atoms with Crippen LogP contribution in [0.4, 0.5) is 0 Å². The molecule has 1 amide bonds. The number of aliphatic hydroxyl groups excluding tert-OH is 1. The van der Waals surface area contributed by atoms with Gasteiger partial charge in [-0.2, -0.15) is 0 Å². The molecule has 0 aliphatic heterocycles. The molecule has 4 nitrogen and oxygen atoms in total. The second-order valence-corrected chi connectivity index (χ2v) is 4.16. The SMILES string of the molecule is CCC(O)CCNC(=O)COCC1CC1. The first-order valence-corrected chi connectivity index (χ1v) is 5.75. The second-order valence-electron chi connectivity index (χ2n) is 4.16. The summed E-state index contributed by atoms with van der Waals surface area (Å²) in [5, 5.41) is 12.0. The van der Waals surface area contributed by atoms with E-state index in [2.05, 4.69) is 5.32 Å². The Morgan fingerprint density at radius 1 is 1.60 bits per heavy atom. The molecule has 4 heteroatoms. The van der Waals surface area contributed by atoms with E-state index in [1.807, 2.05) is 6.92 Å². The standard InChI is InChI=1S/C11H21NO3/c1-2-10(13)5-6-12-11(14)8-15-7-9-3-4-9/h9-10,13H,2-8H2,1H3,(H,12,14). The van der Waals surface area contributed by atoms with Crippen molar-refractivity contribution in [2.24, 2.45) is 5.92 Å². The fourth-order valence-corrected chi connectivity index (χ4v) is 1.24. The van der Waals surface area contributed by atoms with Crippen LogP contribution in [0.2, 0.25) is 0 Å². The van der Waals surface area contributed by atoms with E-state index in [4.69, 9.17) is 4.74 Å². The number of aliphatic hydroxyl groups is 1. The van der Waals surface area contributed by atoms with E-state index < -0.39 is 0 Å². The minimum atomic E-state index is -0.308. The molecule has 0 saturated heterocycles. The first kappa shape index (κ1) is 12.5. The van der Waals surface area contributed by atoms with Crippen LogP contribution in [0.15, 0.2) is 0 Å². The lowest BCUT2D eigenvalue weighted by Gasteiger charge is -2.08. The number of carbonyl (C=O) groups excluding carboxylic acids is 1. The molecule has 1 aliphatic rings. The van der Waals surface area contributed by atoms with Gasteiger partial charge in [-0.1, -0.05) is 6.92 Å². The first-order valence-electron chi connectivity index (χ1n) is 5.75. The summed E-state index contributed by atoms with van der Waals surface area (Å²) in [5.41, 5.74) is 0. The van der Waals surface area contributed by atoms with Crippen molar-refractivity contribution >= 4 is 5.91 Å². The van der Waals surface area contributed by atoms with Gasteiger partial charge in [-0.25, -0.2) is 0 Å². The lowest BCUT2D eigenvalue weighted by atomic mass is 10.2. The van der Waals surface area contributed by atoms with Gasteiger partial charge in [0.05, 0.1) is 12.7 Å². The predicted octanol–water partition coefficient (Wildman–Crippen LogP) is 0.690. The molecule has 1 aliphatic carbocycles. The monoisotopic (exact) mass is 215 g/mol. The molecule has 0 spiro atoms.